The van der Waals surface area contributed by atoms with Gasteiger partial charge in [-0.25, -0.2) is 0 Å². The lowest BCUT2D eigenvalue weighted by Gasteiger charge is -2.24. The number of rotatable bonds is 7. The van der Waals surface area contributed by atoms with E-state index < -0.39 is 0 Å². The zero-order chi connectivity index (χ0) is 83.4. The van der Waals surface area contributed by atoms with Gasteiger partial charge in [0.1, 0.15) is 22.3 Å². The molecule has 0 bridgehead atoms. The van der Waals surface area contributed by atoms with Crippen molar-refractivity contribution in [3.8, 4) is 100 Å². The van der Waals surface area contributed by atoms with Crippen LogP contribution in [0.4, 0.5) is 0 Å². The van der Waals surface area contributed by atoms with Gasteiger partial charge in [-0.3, -0.25) is 0 Å². The average Bonchev–Trinajstić information content (AvgIpc) is 1.54. The van der Waals surface area contributed by atoms with Crippen LogP contribution >= 0.6 is 0 Å². The largest absolute Gasteiger partial charge is 0.456 e. The highest BCUT2D eigenvalue weighted by Crippen LogP contribution is 2.59. The molecule has 2 aliphatic rings. The van der Waals surface area contributed by atoms with Gasteiger partial charge in [0, 0.05) is 32.4 Å². The van der Waals surface area contributed by atoms with Crippen LogP contribution in [0.3, 0.4) is 0 Å². The molecule has 0 unspecified atom stereocenters. The maximum Gasteiger partial charge on any atom is 0.135 e. The summed E-state index contributed by atoms with van der Waals surface area (Å²) in [7, 11) is 0. The summed E-state index contributed by atoms with van der Waals surface area (Å²) in [5, 5.41) is 30.1. The standard InChI is InChI=1S/C63H40O.C61H40O/c1-63(2)56-31-27-38(35-55(56)61-47-18-7-5-16-43(47)44-17-6-12-23-52(44)62(61)63)39-28-32-57-53(34-39)54-36-40(29-33-58(54)64-57)59-48-19-8-10-21-50(48)60(51-22-11-9-20-49(51)59)46-25-13-24-42-41-15-4-3-14-37(41)26-30-45(42)46;1-61(2)54-31-28-40(35-53(54)59-45-18-8-6-16-43(45)44-17-7-13-23-50(44)60(59)61)41-29-32-55-51(34-41)52-36-42(30-33-56(52)62-55)58-48-21-11-9-19-46(48)57(47-20-10-12-22-49(47)58)39-26-24-38(25-27-39)37-14-4-3-5-15-37/h3-36H,1-2H3;3-36H,1-2H3. The molecule has 0 N–H and O–H groups in total. The second-order valence-electron chi connectivity index (χ2n) is 35.8. The maximum atomic E-state index is 6.59. The van der Waals surface area contributed by atoms with E-state index in [1.54, 1.807) is 0 Å². The van der Waals surface area contributed by atoms with E-state index >= 15 is 0 Å². The number of hydrogen-bond donors (Lipinski definition) is 0. The Hall–Kier alpha value is -15.7. The molecule has 2 aliphatic carbocycles. The van der Waals surface area contributed by atoms with Crippen LogP contribution in [-0.4, -0.2) is 0 Å². The van der Waals surface area contributed by atoms with Crippen molar-refractivity contribution in [3.63, 3.8) is 0 Å². The molecular formula is C124H80O2. The zero-order valence-electron chi connectivity index (χ0n) is 70.1. The van der Waals surface area contributed by atoms with Crippen LogP contribution in [0.25, 0.3) is 252 Å². The summed E-state index contributed by atoms with van der Waals surface area (Å²) >= 11 is 0. The third kappa shape index (κ3) is 10.6. The van der Waals surface area contributed by atoms with E-state index in [0.29, 0.717) is 0 Å². The Balaban J connectivity index is 0.000000134. The van der Waals surface area contributed by atoms with Crippen LogP contribution in [-0.2, 0) is 10.8 Å². The van der Waals surface area contributed by atoms with Gasteiger partial charge in [0.15, 0.2) is 0 Å². The second-order valence-corrected chi connectivity index (χ2v) is 35.8. The van der Waals surface area contributed by atoms with Crippen LogP contribution in [0.2, 0.25) is 0 Å². The van der Waals surface area contributed by atoms with Gasteiger partial charge < -0.3 is 8.83 Å². The first-order chi connectivity index (χ1) is 62.0. The lowest BCUT2D eigenvalue weighted by Crippen LogP contribution is -2.15. The number of benzene rings is 23. The van der Waals surface area contributed by atoms with Crippen molar-refractivity contribution in [2.24, 2.45) is 0 Å². The molecule has 2 heteroatoms. The molecule has 2 aromatic heterocycles. The Kier molecular flexibility index (Phi) is 15.6. The van der Waals surface area contributed by atoms with Crippen molar-refractivity contribution in [2.45, 2.75) is 38.5 Å². The van der Waals surface area contributed by atoms with Gasteiger partial charge in [-0.05, 0) is 291 Å². The first kappa shape index (κ1) is 71.9. The minimum absolute atomic E-state index is 0.131. The molecule has 23 aromatic carbocycles. The molecule has 0 aliphatic heterocycles. The summed E-state index contributed by atoms with van der Waals surface area (Å²) in [6, 6.07) is 153. The Labute approximate surface area is 728 Å². The molecule has 0 radical (unpaired) electrons. The topological polar surface area (TPSA) is 26.3 Å². The Morgan fingerprint density at radius 1 is 0.151 bits per heavy atom. The molecule has 0 fully saturated rings. The zero-order valence-corrected chi connectivity index (χ0v) is 70.1. The third-order valence-corrected chi connectivity index (χ3v) is 28.4. The molecule has 2 nitrogen and oxygen atoms in total. The van der Waals surface area contributed by atoms with E-state index in [0.717, 1.165) is 43.9 Å². The van der Waals surface area contributed by atoms with Crippen molar-refractivity contribution in [1.29, 1.82) is 0 Å². The monoisotopic (exact) mass is 1600 g/mol. The Bertz CT molecular complexity index is 8900. The molecule has 126 heavy (non-hydrogen) atoms. The summed E-state index contributed by atoms with van der Waals surface area (Å²) in [6.45, 7) is 9.57. The van der Waals surface area contributed by atoms with Crippen LogP contribution in [0.1, 0.15) is 49.9 Å². The number of fused-ring (bicyclic) bond motifs is 29. The van der Waals surface area contributed by atoms with Crippen LogP contribution in [0.15, 0.2) is 421 Å². The molecule has 25 aromatic rings. The lowest BCUT2D eigenvalue weighted by atomic mass is 9.79. The van der Waals surface area contributed by atoms with Gasteiger partial charge in [-0.15, -0.1) is 0 Å². The van der Waals surface area contributed by atoms with E-state index in [1.807, 2.05) is 0 Å². The predicted octanol–water partition coefficient (Wildman–Crippen LogP) is 35.0. The molecule has 0 saturated heterocycles. The summed E-state index contributed by atoms with van der Waals surface area (Å²) in [5.74, 6) is 0. The molecule has 0 spiro atoms. The van der Waals surface area contributed by atoms with Crippen molar-refractivity contribution < 1.29 is 8.83 Å². The highest BCUT2D eigenvalue weighted by atomic mass is 16.3. The van der Waals surface area contributed by atoms with Crippen LogP contribution in [0.5, 0.6) is 0 Å². The molecule has 0 saturated carbocycles. The molecule has 588 valence electrons. The van der Waals surface area contributed by atoms with E-state index in [-0.39, 0.29) is 10.8 Å². The molecule has 2 heterocycles. The molecule has 0 atom stereocenters. The average molecular weight is 1600 g/mol. The summed E-state index contributed by atoms with van der Waals surface area (Å²) in [5.41, 5.74) is 31.4. The van der Waals surface area contributed by atoms with Gasteiger partial charge in [0.05, 0.1) is 0 Å². The fourth-order valence-electron chi connectivity index (χ4n) is 22.8. The normalized spacial score (nSPS) is 13.2. The van der Waals surface area contributed by atoms with Gasteiger partial charge in [-0.1, -0.05) is 380 Å². The van der Waals surface area contributed by atoms with Crippen molar-refractivity contribution in [1.82, 2.24) is 0 Å². The lowest BCUT2D eigenvalue weighted by molar-refractivity contribution is 0.666. The molecule has 27 rings (SSSR count). The van der Waals surface area contributed by atoms with Crippen molar-refractivity contribution in [3.05, 3.63) is 435 Å². The van der Waals surface area contributed by atoms with Gasteiger partial charge in [-0.2, -0.15) is 0 Å². The first-order valence-corrected chi connectivity index (χ1v) is 44.1. The fourth-order valence-corrected chi connectivity index (χ4v) is 22.8. The van der Waals surface area contributed by atoms with E-state index in [9.17, 15) is 0 Å². The molecule has 0 amide bonds. The Morgan fingerprint density at radius 3 is 0.849 bits per heavy atom. The predicted molar refractivity (Wildman–Crippen MR) is 536 cm³/mol. The SMILES string of the molecule is CC1(C)c2ccc(-c3ccc4oc5ccc(-c6c7ccccc7c(-c7ccc(-c8ccccc8)cc7)c7ccccc67)cc5c4c3)cc2-c2c1c1ccccc1c1ccccc21.CC1(C)c2ccc(-c3ccc4oc5ccc(-c6c7ccccc7c(-c7cccc8c7ccc7ccccc78)c7ccccc67)cc5c4c3)cc2-c2c1c1ccccc1c1ccccc21. The minimum Gasteiger partial charge on any atom is -0.456 e. The smallest absolute Gasteiger partial charge is 0.135 e. The third-order valence-electron chi connectivity index (χ3n) is 28.4. The summed E-state index contributed by atoms with van der Waals surface area (Å²) in [4.78, 5) is 0. The van der Waals surface area contributed by atoms with Gasteiger partial charge >= 0.3 is 0 Å². The van der Waals surface area contributed by atoms with E-state index in [4.69, 9.17) is 8.83 Å². The van der Waals surface area contributed by atoms with E-state index in [2.05, 4.69) is 440 Å². The molecular weight excluding hydrogens is 1520 g/mol. The summed E-state index contributed by atoms with van der Waals surface area (Å²) in [6.07, 6.45) is 0. The van der Waals surface area contributed by atoms with Crippen LogP contribution in [0, 0.1) is 0 Å². The maximum absolute atomic E-state index is 6.59. The number of furan rings is 2. The highest BCUT2D eigenvalue weighted by Gasteiger charge is 2.41. The van der Waals surface area contributed by atoms with Gasteiger partial charge in [0.2, 0.25) is 0 Å². The first-order valence-electron chi connectivity index (χ1n) is 44.1. The quantitative estimate of drug-likeness (QED) is 0.117. The minimum atomic E-state index is -0.135. The van der Waals surface area contributed by atoms with Gasteiger partial charge in [0.25, 0.3) is 0 Å². The number of hydrogen-bond acceptors (Lipinski definition) is 2. The summed E-state index contributed by atoms with van der Waals surface area (Å²) < 4.78 is 13.2. The Morgan fingerprint density at radius 2 is 0.429 bits per heavy atom. The highest BCUT2D eigenvalue weighted by molar-refractivity contribution is 6.28. The van der Waals surface area contributed by atoms with Crippen LogP contribution < -0.4 is 0 Å². The second kappa shape index (κ2) is 27.4. The van der Waals surface area contributed by atoms with E-state index in [1.165, 1.54) is 230 Å². The van der Waals surface area contributed by atoms with Crippen molar-refractivity contribution in [2.75, 3.05) is 0 Å². The van der Waals surface area contributed by atoms with Crippen molar-refractivity contribution >= 4 is 152 Å². The fraction of sp³-hybridized carbons (Fsp3) is 0.0484.